The van der Waals surface area contributed by atoms with E-state index in [2.05, 4.69) is 15.5 Å². The van der Waals surface area contributed by atoms with Crippen LogP contribution >= 0.6 is 0 Å². The highest BCUT2D eigenvalue weighted by atomic mass is 16.1. The second kappa shape index (κ2) is 3.92. The first-order valence-electron chi connectivity index (χ1n) is 6.19. The number of aromatic nitrogens is 2. The largest absolute Gasteiger partial charge is 0.309 e. The molecule has 0 unspecified atom stereocenters. The van der Waals surface area contributed by atoms with Crippen LogP contribution in [0.5, 0.6) is 0 Å². The Morgan fingerprint density at radius 3 is 3.00 bits per heavy atom. The van der Waals surface area contributed by atoms with Crippen molar-refractivity contribution in [2.75, 3.05) is 5.32 Å². The van der Waals surface area contributed by atoms with Crippen molar-refractivity contribution in [3.8, 4) is 0 Å². The molecule has 1 fully saturated rings. The van der Waals surface area contributed by atoms with Crippen molar-refractivity contribution >= 4 is 11.7 Å². The summed E-state index contributed by atoms with van der Waals surface area (Å²) < 4.78 is 0. The monoisotopic (exact) mass is 219 g/mol. The van der Waals surface area contributed by atoms with Gasteiger partial charge in [0.2, 0.25) is 5.91 Å². The van der Waals surface area contributed by atoms with E-state index < -0.39 is 0 Å². The Bertz CT molecular complexity index is 406. The number of hydrogen-bond donors (Lipinski definition) is 2. The molecule has 0 spiro atoms. The lowest BCUT2D eigenvalue weighted by molar-refractivity contribution is -0.116. The Kier molecular flexibility index (Phi) is 2.42. The molecule has 1 aromatic rings. The van der Waals surface area contributed by atoms with E-state index in [1.54, 1.807) is 0 Å². The average Bonchev–Trinajstić information content (AvgIpc) is 3.00. The van der Waals surface area contributed by atoms with Crippen LogP contribution in [-0.2, 0) is 17.6 Å². The molecule has 0 radical (unpaired) electrons. The zero-order valence-electron chi connectivity index (χ0n) is 9.38. The van der Waals surface area contributed by atoms with Crippen LogP contribution in [0.1, 0.15) is 43.4 Å². The van der Waals surface area contributed by atoms with Crippen molar-refractivity contribution in [2.45, 2.75) is 44.9 Å². The summed E-state index contributed by atoms with van der Waals surface area (Å²) in [6.07, 6.45) is 7.65. The molecule has 1 aromatic heterocycles. The van der Waals surface area contributed by atoms with Gasteiger partial charge in [0.15, 0.2) is 5.82 Å². The highest BCUT2D eigenvalue weighted by molar-refractivity contribution is 5.90. The number of anilines is 1. The predicted octanol–water partition coefficient (Wildman–Crippen LogP) is 2.03. The van der Waals surface area contributed by atoms with Crippen molar-refractivity contribution in [3.05, 3.63) is 11.3 Å². The zero-order chi connectivity index (χ0) is 11.0. The number of nitrogens with zero attached hydrogens (tertiary/aromatic N) is 1. The number of carbonyl (C=O) groups is 1. The van der Waals surface area contributed by atoms with Crippen LogP contribution in [-0.4, -0.2) is 16.1 Å². The van der Waals surface area contributed by atoms with Crippen molar-refractivity contribution in [3.63, 3.8) is 0 Å². The van der Waals surface area contributed by atoms with Gasteiger partial charge >= 0.3 is 0 Å². The summed E-state index contributed by atoms with van der Waals surface area (Å²) in [5, 5.41) is 10.2. The molecule has 4 heteroatoms. The first-order valence-corrected chi connectivity index (χ1v) is 6.19. The van der Waals surface area contributed by atoms with Gasteiger partial charge in [-0.15, -0.1) is 0 Å². The molecular weight excluding hydrogens is 202 g/mol. The van der Waals surface area contributed by atoms with Gasteiger partial charge in [0.25, 0.3) is 0 Å². The summed E-state index contributed by atoms with van der Waals surface area (Å²) in [7, 11) is 0. The molecule has 1 amide bonds. The van der Waals surface area contributed by atoms with Crippen LogP contribution in [0.4, 0.5) is 5.82 Å². The van der Waals surface area contributed by atoms with E-state index in [4.69, 9.17) is 0 Å². The van der Waals surface area contributed by atoms with E-state index in [0.717, 1.165) is 18.7 Å². The maximum Gasteiger partial charge on any atom is 0.225 e. The fourth-order valence-electron chi connectivity index (χ4n) is 2.35. The third-order valence-corrected chi connectivity index (χ3v) is 3.49. The van der Waals surface area contributed by atoms with Gasteiger partial charge in [0.05, 0.1) is 0 Å². The maximum atomic E-state index is 11.7. The second-order valence-electron chi connectivity index (χ2n) is 4.93. The Labute approximate surface area is 94.8 Å². The predicted molar refractivity (Wildman–Crippen MR) is 61.2 cm³/mol. The molecule has 16 heavy (non-hydrogen) atoms. The van der Waals surface area contributed by atoms with Crippen molar-refractivity contribution < 1.29 is 4.79 Å². The number of fused-ring (bicyclic) bond motifs is 1. The van der Waals surface area contributed by atoms with Crippen LogP contribution in [0.2, 0.25) is 0 Å². The smallest absolute Gasteiger partial charge is 0.225 e. The molecule has 86 valence electrons. The number of H-pyrrole nitrogens is 1. The van der Waals surface area contributed by atoms with Gasteiger partial charge in [-0.3, -0.25) is 9.89 Å². The van der Waals surface area contributed by atoms with Crippen LogP contribution in [0, 0.1) is 5.92 Å². The van der Waals surface area contributed by atoms with Crippen molar-refractivity contribution in [1.82, 2.24) is 10.2 Å². The highest BCUT2D eigenvalue weighted by Gasteiger charge is 2.25. The lowest BCUT2D eigenvalue weighted by atomic mass is 9.97. The number of hydrogen-bond acceptors (Lipinski definition) is 2. The van der Waals surface area contributed by atoms with E-state index in [9.17, 15) is 4.79 Å². The summed E-state index contributed by atoms with van der Waals surface area (Å²) in [5.74, 6) is 1.54. The fourth-order valence-corrected chi connectivity index (χ4v) is 2.35. The minimum absolute atomic E-state index is 0.127. The first-order chi connectivity index (χ1) is 7.83. The molecule has 1 saturated carbocycles. The van der Waals surface area contributed by atoms with Crippen LogP contribution in [0.15, 0.2) is 0 Å². The lowest BCUT2D eigenvalue weighted by Gasteiger charge is -2.11. The molecule has 4 nitrogen and oxygen atoms in total. The number of nitrogens with one attached hydrogen (secondary N) is 2. The minimum Gasteiger partial charge on any atom is -0.309 e. The maximum absolute atomic E-state index is 11.7. The molecule has 3 rings (SSSR count). The molecule has 0 atom stereocenters. The Hall–Kier alpha value is -1.32. The Balaban J connectivity index is 1.68. The normalized spacial score (nSPS) is 19.2. The first kappa shape index (κ1) is 9.87. The second-order valence-corrected chi connectivity index (χ2v) is 4.93. The number of aryl methyl sites for hydroxylation is 1. The lowest BCUT2D eigenvalue weighted by Crippen LogP contribution is -2.14. The molecule has 0 bridgehead atoms. The molecule has 2 aliphatic rings. The SMILES string of the molecule is O=C(CC1CC1)Nc1n[nH]c2c1CCCC2. The molecule has 2 N–H and O–H groups in total. The van der Waals surface area contributed by atoms with Gasteiger partial charge in [-0.2, -0.15) is 5.10 Å². The number of rotatable bonds is 3. The van der Waals surface area contributed by atoms with Gasteiger partial charge in [-0.25, -0.2) is 0 Å². The van der Waals surface area contributed by atoms with Crippen molar-refractivity contribution in [2.24, 2.45) is 5.92 Å². The standard InChI is InChI=1S/C12H17N3O/c16-11(7-8-5-6-8)13-12-9-3-1-2-4-10(9)14-15-12/h8H,1-7H2,(H2,13,14,15,16). The van der Waals surface area contributed by atoms with Gasteiger partial charge in [-0.1, -0.05) is 0 Å². The minimum atomic E-state index is 0.127. The molecule has 0 aromatic carbocycles. The number of amides is 1. The summed E-state index contributed by atoms with van der Waals surface area (Å²) in [5.41, 5.74) is 2.45. The van der Waals surface area contributed by atoms with E-state index in [1.165, 1.54) is 36.9 Å². The summed E-state index contributed by atoms with van der Waals surface area (Å²) in [6, 6.07) is 0. The molecule has 0 saturated heterocycles. The average molecular weight is 219 g/mol. The highest BCUT2D eigenvalue weighted by Crippen LogP contribution is 2.33. The molecule has 2 aliphatic carbocycles. The number of aromatic amines is 1. The van der Waals surface area contributed by atoms with Gasteiger partial charge in [0, 0.05) is 17.7 Å². The molecular formula is C12H17N3O. The van der Waals surface area contributed by atoms with Gasteiger partial charge in [-0.05, 0) is 44.4 Å². The van der Waals surface area contributed by atoms with E-state index in [1.807, 2.05) is 0 Å². The Morgan fingerprint density at radius 2 is 2.19 bits per heavy atom. The van der Waals surface area contributed by atoms with Gasteiger partial charge in [0.1, 0.15) is 0 Å². The van der Waals surface area contributed by atoms with Crippen LogP contribution in [0.3, 0.4) is 0 Å². The van der Waals surface area contributed by atoms with Crippen molar-refractivity contribution in [1.29, 1.82) is 0 Å². The van der Waals surface area contributed by atoms with Crippen LogP contribution < -0.4 is 5.32 Å². The van der Waals surface area contributed by atoms with Crippen LogP contribution in [0.25, 0.3) is 0 Å². The Morgan fingerprint density at radius 1 is 1.38 bits per heavy atom. The summed E-state index contributed by atoms with van der Waals surface area (Å²) >= 11 is 0. The van der Waals surface area contributed by atoms with E-state index >= 15 is 0 Å². The quantitative estimate of drug-likeness (QED) is 0.817. The summed E-state index contributed by atoms with van der Waals surface area (Å²) in [6.45, 7) is 0. The van der Waals surface area contributed by atoms with E-state index in [-0.39, 0.29) is 5.91 Å². The fraction of sp³-hybridized carbons (Fsp3) is 0.667. The topological polar surface area (TPSA) is 57.8 Å². The molecule has 1 heterocycles. The third kappa shape index (κ3) is 1.96. The number of carbonyl (C=O) groups excluding carboxylic acids is 1. The zero-order valence-corrected chi connectivity index (χ0v) is 9.38. The molecule has 0 aliphatic heterocycles. The van der Waals surface area contributed by atoms with Gasteiger partial charge < -0.3 is 5.32 Å². The summed E-state index contributed by atoms with van der Waals surface area (Å²) in [4.78, 5) is 11.7. The van der Waals surface area contributed by atoms with E-state index in [0.29, 0.717) is 12.3 Å². The third-order valence-electron chi connectivity index (χ3n) is 3.49.